The summed E-state index contributed by atoms with van der Waals surface area (Å²) in [6.45, 7) is 3.62. The van der Waals surface area contributed by atoms with E-state index in [4.69, 9.17) is 9.47 Å². The molecule has 31 heavy (non-hydrogen) atoms. The summed E-state index contributed by atoms with van der Waals surface area (Å²) in [5.74, 6) is 0.396. The zero-order valence-electron chi connectivity index (χ0n) is 17.7. The molecule has 2 aromatic rings. The Balaban J connectivity index is 1.67. The number of rotatable bonds is 6. The number of alkyl halides is 2. The number of hydrogen-bond acceptors (Lipinski definition) is 6. The topological polar surface area (TPSA) is 73.8 Å². The van der Waals surface area contributed by atoms with Crippen LogP contribution in [0.1, 0.15) is 38.4 Å². The van der Waals surface area contributed by atoms with Crippen molar-refractivity contribution in [2.75, 3.05) is 13.1 Å². The summed E-state index contributed by atoms with van der Waals surface area (Å²) in [7, 11) is 0. The molecule has 0 radical (unpaired) electrons. The number of halogens is 2. The van der Waals surface area contributed by atoms with Crippen LogP contribution in [0.15, 0.2) is 42.7 Å². The smallest absolute Gasteiger partial charge is 0.410 e. The molecule has 2 aromatic heterocycles. The lowest BCUT2D eigenvalue weighted by molar-refractivity contribution is -0.0529. The molecule has 0 fully saturated rings. The van der Waals surface area contributed by atoms with Crippen molar-refractivity contribution in [3.05, 3.63) is 54.0 Å². The third-order valence-electron chi connectivity index (χ3n) is 4.34. The summed E-state index contributed by atoms with van der Waals surface area (Å²) in [6.07, 6.45) is 5.25. The highest BCUT2D eigenvalue weighted by atomic mass is 19.3. The number of nitrogens with zero attached hydrogens (tertiary/aromatic N) is 3. The van der Waals surface area contributed by atoms with Crippen LogP contribution in [0.5, 0.6) is 11.6 Å². The third kappa shape index (κ3) is 6.63. The van der Waals surface area contributed by atoms with Crippen LogP contribution >= 0.6 is 0 Å². The Morgan fingerprint density at radius 2 is 2.03 bits per heavy atom. The summed E-state index contributed by atoms with van der Waals surface area (Å²) >= 11 is 0. The molecule has 166 valence electrons. The fourth-order valence-electron chi connectivity index (χ4n) is 2.98. The Morgan fingerprint density at radius 3 is 2.71 bits per heavy atom. The molecule has 0 unspecified atom stereocenters. The molecule has 7 nitrogen and oxygen atoms in total. The fourth-order valence-corrected chi connectivity index (χ4v) is 2.98. The number of carbonyl (C=O) groups is 1. The Hall–Kier alpha value is -3.23. The van der Waals surface area contributed by atoms with Crippen LogP contribution in [0.25, 0.3) is 5.57 Å². The molecule has 9 heteroatoms. The average Bonchev–Trinajstić information content (AvgIpc) is 2.71. The van der Waals surface area contributed by atoms with Crippen LogP contribution in [-0.4, -0.2) is 46.3 Å². The molecule has 3 heterocycles. The molecule has 0 aromatic carbocycles. The number of aromatic nitrogens is 2. The van der Waals surface area contributed by atoms with Crippen molar-refractivity contribution in [1.29, 1.82) is 0 Å². The largest absolute Gasteiger partial charge is 0.487 e. The van der Waals surface area contributed by atoms with Gasteiger partial charge in [0.1, 0.15) is 23.7 Å². The monoisotopic (exact) mass is 433 g/mol. The second kappa shape index (κ2) is 9.72. The Labute approximate surface area is 179 Å². The van der Waals surface area contributed by atoms with Crippen LogP contribution in [0.2, 0.25) is 0 Å². The van der Waals surface area contributed by atoms with E-state index in [-0.39, 0.29) is 18.6 Å². The highest BCUT2D eigenvalue weighted by Gasteiger charge is 2.25. The summed E-state index contributed by atoms with van der Waals surface area (Å²) in [5, 5.41) is 0. The fraction of sp³-hybridized carbons (Fsp3) is 0.409. The van der Waals surface area contributed by atoms with E-state index >= 15 is 0 Å². The van der Waals surface area contributed by atoms with E-state index < -0.39 is 12.2 Å². The second-order valence-corrected chi connectivity index (χ2v) is 7.93. The Kier molecular flexibility index (Phi) is 7.04. The van der Waals surface area contributed by atoms with Crippen LogP contribution < -0.4 is 9.47 Å². The Bertz CT molecular complexity index is 944. The van der Waals surface area contributed by atoms with E-state index in [1.807, 2.05) is 26.8 Å². The maximum atomic E-state index is 12.4. The van der Waals surface area contributed by atoms with Gasteiger partial charge in [-0.15, -0.1) is 0 Å². The molecule has 0 N–H and O–H groups in total. The van der Waals surface area contributed by atoms with Crippen molar-refractivity contribution in [2.45, 2.75) is 46.0 Å². The Morgan fingerprint density at radius 1 is 1.23 bits per heavy atom. The van der Waals surface area contributed by atoms with Crippen molar-refractivity contribution in [1.82, 2.24) is 14.9 Å². The van der Waals surface area contributed by atoms with Gasteiger partial charge in [-0.2, -0.15) is 8.78 Å². The van der Waals surface area contributed by atoms with Gasteiger partial charge >= 0.3 is 12.7 Å². The van der Waals surface area contributed by atoms with Gasteiger partial charge in [0, 0.05) is 31.5 Å². The van der Waals surface area contributed by atoms with E-state index in [0.29, 0.717) is 36.5 Å². The number of amides is 1. The molecule has 0 saturated carbocycles. The molecule has 0 spiro atoms. The molecular formula is C22H25F2N3O4. The molecule has 1 amide bonds. The van der Waals surface area contributed by atoms with E-state index in [1.165, 1.54) is 12.3 Å². The van der Waals surface area contributed by atoms with Crippen LogP contribution in [0.3, 0.4) is 0 Å². The van der Waals surface area contributed by atoms with Gasteiger partial charge in [0.15, 0.2) is 0 Å². The van der Waals surface area contributed by atoms with Gasteiger partial charge in [-0.3, -0.25) is 4.98 Å². The molecule has 1 aliphatic rings. The van der Waals surface area contributed by atoms with E-state index in [2.05, 4.69) is 14.7 Å². The van der Waals surface area contributed by atoms with Gasteiger partial charge in [0.2, 0.25) is 5.88 Å². The highest BCUT2D eigenvalue weighted by molar-refractivity contribution is 5.73. The van der Waals surface area contributed by atoms with Gasteiger partial charge in [0.25, 0.3) is 0 Å². The lowest BCUT2D eigenvalue weighted by Crippen LogP contribution is -2.39. The summed E-state index contributed by atoms with van der Waals surface area (Å²) < 4.78 is 40.4. The van der Waals surface area contributed by atoms with Gasteiger partial charge in [0.05, 0.1) is 0 Å². The minimum absolute atomic E-state index is 0.137. The first-order chi connectivity index (χ1) is 14.7. The normalized spacial score (nSPS) is 14.3. The number of carbonyl (C=O) groups excluding carboxylic acids is 1. The van der Waals surface area contributed by atoms with Crippen molar-refractivity contribution in [3.63, 3.8) is 0 Å². The standard InChI is InChI=1S/C22H25F2N3O4/c1-22(2,3)31-21(28)27-11-7-16(8-12-27)19-17(5-4-9-26-19)29-14-15-6-10-25-18(13-15)30-20(23)24/h4-7,9-10,13,20H,8,11-12,14H2,1-3H3. The van der Waals surface area contributed by atoms with Crippen LogP contribution in [0, 0.1) is 0 Å². The minimum atomic E-state index is -2.94. The van der Waals surface area contributed by atoms with E-state index in [1.54, 1.807) is 29.3 Å². The van der Waals surface area contributed by atoms with Crippen LogP contribution in [0.4, 0.5) is 13.6 Å². The average molecular weight is 433 g/mol. The van der Waals surface area contributed by atoms with E-state index in [9.17, 15) is 13.6 Å². The minimum Gasteiger partial charge on any atom is -0.487 e. The number of pyridine rings is 2. The zero-order chi connectivity index (χ0) is 22.4. The maximum absolute atomic E-state index is 12.4. The second-order valence-electron chi connectivity index (χ2n) is 7.93. The predicted molar refractivity (Wildman–Crippen MR) is 110 cm³/mol. The SMILES string of the molecule is CC(C)(C)OC(=O)N1CC=C(c2ncccc2OCc2ccnc(OC(F)F)c2)CC1. The molecule has 0 saturated heterocycles. The quantitative estimate of drug-likeness (QED) is 0.659. The molecule has 3 rings (SSSR count). The number of hydrogen-bond donors (Lipinski definition) is 0. The van der Waals surface area contributed by atoms with Crippen molar-refractivity contribution in [2.24, 2.45) is 0 Å². The summed E-state index contributed by atoms with van der Waals surface area (Å²) in [5.41, 5.74) is 1.74. The lowest BCUT2D eigenvalue weighted by Gasteiger charge is -2.29. The maximum Gasteiger partial charge on any atom is 0.410 e. The zero-order valence-corrected chi connectivity index (χ0v) is 17.7. The molecular weight excluding hydrogens is 408 g/mol. The predicted octanol–water partition coefficient (Wildman–Crippen LogP) is 4.68. The summed E-state index contributed by atoms with van der Waals surface area (Å²) in [6, 6.07) is 6.61. The summed E-state index contributed by atoms with van der Waals surface area (Å²) in [4.78, 5) is 22.1. The number of ether oxygens (including phenoxy) is 3. The van der Waals surface area contributed by atoms with Gasteiger partial charge in [-0.1, -0.05) is 6.08 Å². The third-order valence-corrected chi connectivity index (χ3v) is 4.34. The molecule has 0 bridgehead atoms. The van der Waals surface area contributed by atoms with Gasteiger partial charge < -0.3 is 19.1 Å². The van der Waals surface area contributed by atoms with Gasteiger partial charge in [-0.25, -0.2) is 9.78 Å². The van der Waals surface area contributed by atoms with Crippen molar-refractivity contribution >= 4 is 11.7 Å². The first-order valence-corrected chi connectivity index (χ1v) is 9.86. The van der Waals surface area contributed by atoms with Crippen molar-refractivity contribution in [3.8, 4) is 11.6 Å². The first kappa shape index (κ1) is 22.5. The first-order valence-electron chi connectivity index (χ1n) is 9.86. The highest BCUT2D eigenvalue weighted by Crippen LogP contribution is 2.29. The molecule has 0 atom stereocenters. The van der Waals surface area contributed by atoms with Crippen molar-refractivity contribution < 1.29 is 27.8 Å². The van der Waals surface area contributed by atoms with Crippen LogP contribution in [-0.2, 0) is 11.3 Å². The molecule has 0 aliphatic carbocycles. The van der Waals surface area contributed by atoms with E-state index in [0.717, 1.165) is 5.57 Å². The molecule has 1 aliphatic heterocycles. The lowest BCUT2D eigenvalue weighted by atomic mass is 10.0. The van der Waals surface area contributed by atoms with Gasteiger partial charge in [-0.05, 0) is 56.5 Å².